The quantitative estimate of drug-likeness (QED) is 0.807. The van der Waals surface area contributed by atoms with Crippen molar-refractivity contribution < 1.29 is 4.42 Å². The van der Waals surface area contributed by atoms with Gasteiger partial charge >= 0.3 is 5.63 Å². The van der Waals surface area contributed by atoms with Crippen molar-refractivity contribution in [3.8, 4) is 11.3 Å². The van der Waals surface area contributed by atoms with Crippen LogP contribution in [0.25, 0.3) is 11.3 Å². The van der Waals surface area contributed by atoms with E-state index in [2.05, 4.69) is 12.6 Å². The lowest BCUT2D eigenvalue weighted by atomic mass is 10.1. The van der Waals surface area contributed by atoms with Gasteiger partial charge in [0.1, 0.15) is 5.76 Å². The molecule has 16 heavy (non-hydrogen) atoms. The van der Waals surface area contributed by atoms with Gasteiger partial charge in [0.05, 0.1) is 5.56 Å². The van der Waals surface area contributed by atoms with Gasteiger partial charge in [-0.25, -0.2) is 4.79 Å². The van der Waals surface area contributed by atoms with Crippen LogP contribution in [0.1, 0.15) is 11.1 Å². The van der Waals surface area contributed by atoms with Crippen LogP contribution in [-0.4, -0.2) is 0 Å². The topological polar surface area (TPSA) is 30.2 Å². The van der Waals surface area contributed by atoms with Crippen LogP contribution in [0.3, 0.4) is 0 Å². The molecule has 0 atom stereocenters. The number of thiol groups is 1. The first-order valence-electron chi connectivity index (χ1n) is 5.02. The van der Waals surface area contributed by atoms with Gasteiger partial charge in [0, 0.05) is 11.3 Å². The highest BCUT2D eigenvalue weighted by Crippen LogP contribution is 2.20. The monoisotopic (exact) mass is 232 g/mol. The summed E-state index contributed by atoms with van der Waals surface area (Å²) in [5.74, 6) is 1.01. The van der Waals surface area contributed by atoms with Crippen molar-refractivity contribution in [2.24, 2.45) is 0 Å². The van der Waals surface area contributed by atoms with E-state index in [4.69, 9.17) is 4.42 Å². The number of hydrogen-bond acceptors (Lipinski definition) is 3. The predicted octanol–water partition coefficient (Wildman–Crippen LogP) is 3.05. The molecule has 0 unspecified atom stereocenters. The zero-order valence-electron chi connectivity index (χ0n) is 8.93. The van der Waals surface area contributed by atoms with Crippen molar-refractivity contribution >= 4 is 12.6 Å². The van der Waals surface area contributed by atoms with Gasteiger partial charge in [-0.2, -0.15) is 12.6 Å². The Morgan fingerprint density at radius 3 is 2.50 bits per heavy atom. The standard InChI is InChI=1S/C13H12O2S/c1-9-7-12(10-5-3-2-4-6-10)15-13(14)11(9)8-16/h2-7,16H,8H2,1H3. The normalized spacial score (nSPS) is 10.4. The second-order valence-corrected chi connectivity index (χ2v) is 3.90. The van der Waals surface area contributed by atoms with Gasteiger partial charge in [-0.3, -0.25) is 0 Å². The van der Waals surface area contributed by atoms with Gasteiger partial charge in [0.25, 0.3) is 0 Å². The van der Waals surface area contributed by atoms with Crippen LogP contribution in [0, 0.1) is 6.92 Å². The highest BCUT2D eigenvalue weighted by atomic mass is 32.1. The lowest BCUT2D eigenvalue weighted by molar-refractivity contribution is 0.518. The molecule has 1 heterocycles. The summed E-state index contributed by atoms with van der Waals surface area (Å²) in [6.45, 7) is 1.90. The third-order valence-electron chi connectivity index (χ3n) is 2.49. The molecule has 0 aliphatic rings. The third kappa shape index (κ3) is 2.04. The Morgan fingerprint density at radius 1 is 1.25 bits per heavy atom. The highest BCUT2D eigenvalue weighted by molar-refractivity contribution is 7.79. The Labute approximate surface area is 99.3 Å². The molecule has 0 aliphatic heterocycles. The lowest BCUT2D eigenvalue weighted by Gasteiger charge is -2.04. The molecule has 3 heteroatoms. The zero-order chi connectivity index (χ0) is 11.5. The SMILES string of the molecule is Cc1cc(-c2ccccc2)oc(=O)c1CS. The minimum absolute atomic E-state index is 0.297. The van der Waals surface area contributed by atoms with Crippen LogP contribution in [0.2, 0.25) is 0 Å². The van der Waals surface area contributed by atoms with E-state index in [0.29, 0.717) is 17.1 Å². The summed E-state index contributed by atoms with van der Waals surface area (Å²) in [4.78, 5) is 11.6. The van der Waals surface area contributed by atoms with E-state index >= 15 is 0 Å². The molecule has 0 aliphatic carbocycles. The van der Waals surface area contributed by atoms with Crippen LogP contribution < -0.4 is 5.63 Å². The number of aryl methyl sites for hydroxylation is 1. The van der Waals surface area contributed by atoms with Crippen molar-refractivity contribution in [3.05, 3.63) is 57.9 Å². The largest absolute Gasteiger partial charge is 0.422 e. The smallest absolute Gasteiger partial charge is 0.340 e. The van der Waals surface area contributed by atoms with Gasteiger partial charge in [-0.1, -0.05) is 30.3 Å². The van der Waals surface area contributed by atoms with Crippen LogP contribution in [-0.2, 0) is 5.75 Å². The molecule has 82 valence electrons. The summed E-state index contributed by atoms with van der Waals surface area (Å²) in [5, 5.41) is 0. The maximum absolute atomic E-state index is 11.6. The molecule has 1 aromatic heterocycles. The Hall–Kier alpha value is -1.48. The average molecular weight is 232 g/mol. The third-order valence-corrected chi connectivity index (χ3v) is 2.81. The molecule has 0 saturated carbocycles. The van der Waals surface area contributed by atoms with E-state index in [1.54, 1.807) is 0 Å². The zero-order valence-corrected chi connectivity index (χ0v) is 9.83. The summed E-state index contributed by atoms with van der Waals surface area (Å²) >= 11 is 4.11. The number of hydrogen-bond donors (Lipinski definition) is 1. The maximum atomic E-state index is 11.6. The second-order valence-electron chi connectivity index (χ2n) is 3.58. The van der Waals surface area contributed by atoms with Gasteiger partial charge in [0.2, 0.25) is 0 Å². The van der Waals surface area contributed by atoms with Gasteiger partial charge in [-0.05, 0) is 18.6 Å². The molecule has 0 fully saturated rings. The van der Waals surface area contributed by atoms with Crippen molar-refractivity contribution in [1.29, 1.82) is 0 Å². The summed E-state index contributed by atoms with van der Waals surface area (Å²) < 4.78 is 5.26. The average Bonchev–Trinajstić information content (AvgIpc) is 2.30. The minimum Gasteiger partial charge on any atom is -0.422 e. The van der Waals surface area contributed by atoms with Crippen molar-refractivity contribution in [1.82, 2.24) is 0 Å². The van der Waals surface area contributed by atoms with E-state index in [1.807, 2.05) is 43.3 Å². The molecule has 2 aromatic rings. The molecule has 1 aromatic carbocycles. The first kappa shape index (κ1) is 11.0. The Morgan fingerprint density at radius 2 is 1.94 bits per heavy atom. The molecular weight excluding hydrogens is 220 g/mol. The molecule has 2 nitrogen and oxygen atoms in total. The number of rotatable bonds is 2. The van der Waals surface area contributed by atoms with E-state index in [-0.39, 0.29) is 5.63 Å². The van der Waals surface area contributed by atoms with Crippen LogP contribution in [0.15, 0.2) is 45.6 Å². The van der Waals surface area contributed by atoms with Crippen LogP contribution in [0.4, 0.5) is 0 Å². The summed E-state index contributed by atoms with van der Waals surface area (Å²) in [7, 11) is 0. The van der Waals surface area contributed by atoms with Crippen molar-refractivity contribution in [2.75, 3.05) is 0 Å². The fourth-order valence-electron chi connectivity index (χ4n) is 1.57. The molecule has 0 spiro atoms. The molecule has 0 bridgehead atoms. The van der Waals surface area contributed by atoms with Crippen molar-refractivity contribution in [2.45, 2.75) is 12.7 Å². The van der Waals surface area contributed by atoms with E-state index in [1.165, 1.54) is 0 Å². The van der Waals surface area contributed by atoms with Crippen molar-refractivity contribution in [3.63, 3.8) is 0 Å². The van der Waals surface area contributed by atoms with E-state index in [9.17, 15) is 4.79 Å². The fourth-order valence-corrected chi connectivity index (χ4v) is 1.95. The van der Waals surface area contributed by atoms with Gasteiger partial charge in [-0.15, -0.1) is 0 Å². The van der Waals surface area contributed by atoms with Gasteiger partial charge in [0.15, 0.2) is 0 Å². The summed E-state index contributed by atoms with van der Waals surface area (Å²) in [6.07, 6.45) is 0. The molecule has 2 rings (SSSR count). The van der Waals surface area contributed by atoms with E-state index in [0.717, 1.165) is 11.1 Å². The first-order valence-corrected chi connectivity index (χ1v) is 5.65. The predicted molar refractivity (Wildman–Crippen MR) is 67.8 cm³/mol. The maximum Gasteiger partial charge on any atom is 0.340 e. The van der Waals surface area contributed by atoms with Crippen LogP contribution >= 0.6 is 12.6 Å². The molecular formula is C13H12O2S. The fraction of sp³-hybridized carbons (Fsp3) is 0.154. The van der Waals surface area contributed by atoms with E-state index < -0.39 is 0 Å². The lowest BCUT2D eigenvalue weighted by Crippen LogP contribution is -2.08. The summed E-state index contributed by atoms with van der Waals surface area (Å²) in [5.41, 5.74) is 2.16. The molecule has 0 radical (unpaired) electrons. The Balaban J connectivity index is 2.57. The molecule has 0 amide bonds. The molecule has 0 saturated heterocycles. The van der Waals surface area contributed by atoms with Crippen LogP contribution in [0.5, 0.6) is 0 Å². The van der Waals surface area contributed by atoms with Gasteiger partial charge < -0.3 is 4.42 Å². The molecule has 0 N–H and O–H groups in total. The minimum atomic E-state index is -0.297. The highest BCUT2D eigenvalue weighted by Gasteiger charge is 2.08. The number of benzene rings is 1. The summed E-state index contributed by atoms with van der Waals surface area (Å²) in [6, 6.07) is 11.5. The Kier molecular flexibility index (Phi) is 3.15. The first-order chi connectivity index (χ1) is 7.72. The Bertz CT molecular complexity index is 544. The second kappa shape index (κ2) is 4.58.